The molecule has 120 valence electrons. The van der Waals surface area contributed by atoms with Gasteiger partial charge in [-0.05, 0) is 51.7 Å². The molecule has 1 atom stereocenters. The molecular weight excluding hydrogens is 244 g/mol. The van der Waals surface area contributed by atoms with Gasteiger partial charge in [-0.3, -0.25) is 4.90 Å². The Morgan fingerprint density at radius 2 is 1.60 bits per heavy atom. The molecule has 1 N–H and O–H groups in total. The van der Waals surface area contributed by atoms with E-state index in [9.17, 15) is 0 Å². The Hall–Kier alpha value is -0.0800. The van der Waals surface area contributed by atoms with E-state index in [0.717, 1.165) is 6.54 Å². The minimum atomic E-state index is 0.402. The van der Waals surface area contributed by atoms with Crippen molar-refractivity contribution in [3.05, 3.63) is 0 Å². The Morgan fingerprint density at radius 1 is 0.950 bits per heavy atom. The van der Waals surface area contributed by atoms with Crippen molar-refractivity contribution in [1.29, 1.82) is 0 Å². The summed E-state index contributed by atoms with van der Waals surface area (Å²) in [5.74, 6) is 0. The third-order valence-corrected chi connectivity index (χ3v) is 5.41. The number of hydrogen-bond acceptors (Lipinski definition) is 2. The van der Waals surface area contributed by atoms with Gasteiger partial charge in [-0.15, -0.1) is 0 Å². The molecular formula is C18H38N2. The zero-order valence-corrected chi connectivity index (χ0v) is 14.5. The average Bonchev–Trinajstić information content (AvgIpc) is 3.00. The first-order valence-corrected chi connectivity index (χ1v) is 9.23. The van der Waals surface area contributed by atoms with Crippen LogP contribution in [0, 0.1) is 0 Å². The van der Waals surface area contributed by atoms with Gasteiger partial charge in [0.15, 0.2) is 0 Å². The Bertz CT molecular complexity index is 230. The molecule has 0 spiro atoms. The smallest absolute Gasteiger partial charge is 0.0357 e. The summed E-state index contributed by atoms with van der Waals surface area (Å²) in [5, 5.41) is 3.84. The van der Waals surface area contributed by atoms with E-state index >= 15 is 0 Å². The van der Waals surface area contributed by atoms with E-state index in [0.29, 0.717) is 11.6 Å². The van der Waals surface area contributed by atoms with Crippen molar-refractivity contribution in [2.24, 2.45) is 0 Å². The summed E-state index contributed by atoms with van der Waals surface area (Å²) in [7, 11) is 0. The first-order chi connectivity index (χ1) is 9.75. The number of rotatable bonds is 11. The molecule has 0 saturated carbocycles. The van der Waals surface area contributed by atoms with Crippen molar-refractivity contribution in [2.45, 2.75) is 97.1 Å². The average molecular weight is 283 g/mol. The fraction of sp³-hybridized carbons (Fsp3) is 1.00. The molecule has 2 heteroatoms. The highest BCUT2D eigenvalue weighted by Crippen LogP contribution is 2.33. The lowest BCUT2D eigenvalue weighted by molar-refractivity contribution is 0.0581. The summed E-state index contributed by atoms with van der Waals surface area (Å²) in [6, 6.07) is 0.678. The molecule has 1 aliphatic heterocycles. The largest absolute Gasteiger partial charge is 0.312 e. The first kappa shape index (κ1) is 18.0. The highest BCUT2D eigenvalue weighted by Gasteiger charge is 2.41. The molecule has 0 bridgehead atoms. The number of likely N-dealkylation sites (N-methyl/N-ethyl adjacent to an activating group) is 1. The van der Waals surface area contributed by atoms with Gasteiger partial charge in [0, 0.05) is 11.6 Å². The molecule has 0 aromatic carbocycles. The Kier molecular flexibility index (Phi) is 8.79. The number of nitrogens with one attached hydrogen (secondary N) is 1. The predicted molar refractivity (Wildman–Crippen MR) is 90.3 cm³/mol. The van der Waals surface area contributed by atoms with Crippen LogP contribution in [0.5, 0.6) is 0 Å². The van der Waals surface area contributed by atoms with Crippen LogP contribution in [0.2, 0.25) is 0 Å². The summed E-state index contributed by atoms with van der Waals surface area (Å²) in [6.07, 6.45) is 12.3. The van der Waals surface area contributed by atoms with Crippen LogP contribution in [0.25, 0.3) is 0 Å². The highest BCUT2D eigenvalue weighted by atomic mass is 15.2. The zero-order valence-electron chi connectivity index (χ0n) is 14.5. The molecule has 1 aliphatic rings. The van der Waals surface area contributed by atoms with Crippen LogP contribution < -0.4 is 5.32 Å². The molecule has 0 radical (unpaired) electrons. The van der Waals surface area contributed by atoms with Crippen molar-refractivity contribution in [3.63, 3.8) is 0 Å². The fourth-order valence-electron chi connectivity index (χ4n) is 4.16. The van der Waals surface area contributed by atoms with E-state index in [1.807, 2.05) is 0 Å². The number of hydrogen-bond donors (Lipinski definition) is 1. The Morgan fingerprint density at radius 3 is 2.10 bits per heavy atom. The van der Waals surface area contributed by atoms with Crippen LogP contribution in [-0.2, 0) is 0 Å². The lowest BCUT2D eigenvalue weighted by atomic mass is 9.80. The van der Waals surface area contributed by atoms with Crippen molar-refractivity contribution in [2.75, 3.05) is 19.6 Å². The summed E-state index contributed by atoms with van der Waals surface area (Å²) in [5.41, 5.74) is 0.402. The van der Waals surface area contributed by atoms with Gasteiger partial charge in [0.2, 0.25) is 0 Å². The second kappa shape index (κ2) is 9.78. The van der Waals surface area contributed by atoms with Gasteiger partial charge in [-0.2, -0.15) is 0 Å². The summed E-state index contributed by atoms with van der Waals surface area (Å²) >= 11 is 0. The van der Waals surface area contributed by atoms with Gasteiger partial charge < -0.3 is 5.32 Å². The number of likely N-dealkylation sites (tertiary alicyclic amines) is 1. The molecule has 20 heavy (non-hydrogen) atoms. The standard InChI is InChI=1S/C18H38N2/c1-5-9-10-11-14-17(19-8-4)18(6-2,7-3)20-15-12-13-16-20/h17,19H,5-16H2,1-4H3. The van der Waals surface area contributed by atoms with Crippen molar-refractivity contribution >= 4 is 0 Å². The molecule has 1 heterocycles. The van der Waals surface area contributed by atoms with Crippen molar-refractivity contribution in [3.8, 4) is 0 Å². The highest BCUT2D eigenvalue weighted by molar-refractivity contribution is 5.00. The molecule has 0 aromatic rings. The van der Waals surface area contributed by atoms with E-state index < -0.39 is 0 Å². The van der Waals surface area contributed by atoms with E-state index in [1.165, 1.54) is 70.9 Å². The van der Waals surface area contributed by atoms with Crippen molar-refractivity contribution < 1.29 is 0 Å². The van der Waals surface area contributed by atoms with Gasteiger partial charge in [0.25, 0.3) is 0 Å². The van der Waals surface area contributed by atoms with Gasteiger partial charge in [-0.25, -0.2) is 0 Å². The van der Waals surface area contributed by atoms with E-state index in [-0.39, 0.29) is 0 Å². The van der Waals surface area contributed by atoms with Gasteiger partial charge in [-0.1, -0.05) is 53.4 Å². The summed E-state index contributed by atoms with van der Waals surface area (Å²) in [4.78, 5) is 2.81. The quantitative estimate of drug-likeness (QED) is 0.558. The number of nitrogens with zero attached hydrogens (tertiary/aromatic N) is 1. The minimum Gasteiger partial charge on any atom is -0.312 e. The molecule has 0 amide bonds. The monoisotopic (exact) mass is 282 g/mol. The molecule has 1 rings (SSSR count). The number of unbranched alkanes of at least 4 members (excludes halogenated alkanes) is 3. The lowest BCUT2D eigenvalue weighted by Gasteiger charge is -2.47. The van der Waals surface area contributed by atoms with Crippen LogP contribution in [-0.4, -0.2) is 36.1 Å². The molecule has 2 nitrogen and oxygen atoms in total. The normalized spacial score (nSPS) is 18.6. The summed E-state index contributed by atoms with van der Waals surface area (Å²) in [6.45, 7) is 13.1. The van der Waals surface area contributed by atoms with Crippen molar-refractivity contribution in [1.82, 2.24) is 10.2 Å². The topological polar surface area (TPSA) is 15.3 Å². The Balaban J connectivity index is 2.70. The zero-order chi connectivity index (χ0) is 14.8. The third kappa shape index (κ3) is 4.46. The molecule has 0 aromatic heterocycles. The third-order valence-electron chi connectivity index (χ3n) is 5.41. The fourth-order valence-corrected chi connectivity index (χ4v) is 4.16. The maximum Gasteiger partial charge on any atom is 0.0357 e. The lowest BCUT2D eigenvalue weighted by Crippen LogP contribution is -2.60. The van der Waals surface area contributed by atoms with E-state index in [4.69, 9.17) is 0 Å². The molecule has 1 unspecified atom stereocenters. The van der Waals surface area contributed by atoms with E-state index in [2.05, 4.69) is 37.9 Å². The predicted octanol–water partition coefficient (Wildman–Crippen LogP) is 4.59. The van der Waals surface area contributed by atoms with Crippen LogP contribution in [0.1, 0.15) is 85.5 Å². The second-order valence-electron chi connectivity index (χ2n) is 6.46. The maximum absolute atomic E-state index is 3.84. The summed E-state index contributed by atoms with van der Waals surface area (Å²) < 4.78 is 0. The van der Waals surface area contributed by atoms with Gasteiger partial charge in [0.05, 0.1) is 0 Å². The molecule has 1 fully saturated rings. The van der Waals surface area contributed by atoms with Gasteiger partial charge in [0.1, 0.15) is 0 Å². The minimum absolute atomic E-state index is 0.402. The van der Waals surface area contributed by atoms with E-state index in [1.54, 1.807) is 0 Å². The van der Waals surface area contributed by atoms with Crippen LogP contribution >= 0.6 is 0 Å². The Labute approximate surface area is 127 Å². The van der Waals surface area contributed by atoms with Crippen LogP contribution in [0.3, 0.4) is 0 Å². The molecule has 1 saturated heterocycles. The molecule has 0 aliphatic carbocycles. The SMILES string of the molecule is CCCCCCC(NCC)C(CC)(CC)N1CCCC1. The van der Waals surface area contributed by atoms with Crippen LogP contribution in [0.15, 0.2) is 0 Å². The second-order valence-corrected chi connectivity index (χ2v) is 6.46. The van der Waals surface area contributed by atoms with Gasteiger partial charge >= 0.3 is 0 Å². The van der Waals surface area contributed by atoms with Crippen LogP contribution in [0.4, 0.5) is 0 Å². The first-order valence-electron chi connectivity index (χ1n) is 9.23. The maximum atomic E-state index is 3.84.